The fourth-order valence-corrected chi connectivity index (χ4v) is 6.11. The predicted octanol–water partition coefficient (Wildman–Crippen LogP) is 9.13. The largest absolute Gasteiger partial charge is 2.00 e. The molecule has 10 nitrogen and oxygen atoms in total. The van der Waals surface area contributed by atoms with Crippen LogP contribution < -0.4 is 10.2 Å². The van der Waals surface area contributed by atoms with Crippen LogP contribution in [-0.4, -0.2) is 43.8 Å². The van der Waals surface area contributed by atoms with Crippen LogP contribution in [0.5, 0.6) is 23.0 Å². The average molecular weight is 826 g/mol. The summed E-state index contributed by atoms with van der Waals surface area (Å²) in [4.78, 5) is 31.4. The number of aliphatic imine (C=N–C) groups is 2. The number of nitrogens with zero attached hydrogens (tertiary/aromatic N) is 2. The van der Waals surface area contributed by atoms with Crippen molar-refractivity contribution in [2.24, 2.45) is 9.98 Å². The van der Waals surface area contributed by atoms with Gasteiger partial charge < -0.3 is 40.2 Å². The first-order valence-electron chi connectivity index (χ1n) is 19.6. The number of benzene rings is 4. The number of aromatic hydroxyl groups is 4. The number of carbonyl (C=O) groups excluding carboxylic acids is 2. The summed E-state index contributed by atoms with van der Waals surface area (Å²) in [6, 6.07) is 23.4. The van der Waals surface area contributed by atoms with Crippen LogP contribution in [0, 0.1) is 13.8 Å². The van der Waals surface area contributed by atoms with Gasteiger partial charge in [0.15, 0.2) is 23.0 Å². The van der Waals surface area contributed by atoms with Gasteiger partial charge in [0.05, 0.1) is 34.7 Å². The zero-order valence-corrected chi connectivity index (χ0v) is 35.0. The van der Waals surface area contributed by atoms with Crippen molar-refractivity contribution >= 4 is 34.7 Å². The van der Waals surface area contributed by atoms with Crippen LogP contribution in [0.4, 0.5) is 11.4 Å². The van der Waals surface area contributed by atoms with Gasteiger partial charge in [-0.1, -0.05) is 103 Å². The Balaban J connectivity index is 0.000000471. The second-order valence-corrected chi connectivity index (χ2v) is 13.5. The second kappa shape index (κ2) is 26.7. The summed E-state index contributed by atoms with van der Waals surface area (Å²) in [5.74, 6) is -5.06. The molecule has 310 valence electrons. The summed E-state index contributed by atoms with van der Waals surface area (Å²) in [6.07, 6.45) is 13.3. The number of phenolic OH excluding ortho intramolecular Hbond substituents is 2. The van der Waals surface area contributed by atoms with Gasteiger partial charge in [-0.25, -0.2) is 0 Å². The molecule has 0 radical (unpaired) electrons. The molecular weight excluding hydrogens is 767 g/mol. The molecule has 0 atom stereocenters. The number of aryl methyl sites for hydroxylation is 2. The number of hydrogen-bond acceptors (Lipinski definition) is 10. The summed E-state index contributed by atoms with van der Waals surface area (Å²) >= 11 is 0. The number of rotatable bonds is 17. The molecule has 0 saturated heterocycles. The molecule has 0 aliphatic heterocycles. The molecule has 0 aliphatic carbocycles. The van der Waals surface area contributed by atoms with E-state index in [2.05, 4.69) is 62.4 Å². The van der Waals surface area contributed by atoms with Crippen molar-refractivity contribution in [1.29, 1.82) is 0 Å². The summed E-state index contributed by atoms with van der Waals surface area (Å²) < 4.78 is 0. The molecule has 4 aromatic rings. The molecule has 0 saturated carbocycles. The number of carbonyl (C=O) groups is 2. The molecule has 0 aliphatic rings. The molecule has 4 N–H and O–H groups in total. The molecule has 4 rings (SSSR count). The van der Waals surface area contributed by atoms with E-state index in [-0.39, 0.29) is 27.6 Å². The summed E-state index contributed by atoms with van der Waals surface area (Å²) in [6.45, 7) is 11.3. The number of carboxylic acid groups (broad SMARTS) is 2. The quantitative estimate of drug-likeness (QED) is 0.0351. The molecule has 0 spiro atoms. The van der Waals surface area contributed by atoms with E-state index in [0.29, 0.717) is 35.1 Å². The van der Waals surface area contributed by atoms with Crippen molar-refractivity contribution in [3.63, 3.8) is 0 Å². The van der Waals surface area contributed by atoms with Crippen molar-refractivity contribution < 1.29 is 56.7 Å². The Morgan fingerprint density at radius 1 is 0.544 bits per heavy atom. The summed E-state index contributed by atoms with van der Waals surface area (Å²) in [7, 11) is 0. The van der Waals surface area contributed by atoms with Crippen LogP contribution in [-0.2, 0) is 29.3 Å². The van der Waals surface area contributed by atoms with Crippen LogP contribution in [0.25, 0.3) is 0 Å². The van der Waals surface area contributed by atoms with Crippen LogP contribution in [0.15, 0.2) is 82.8 Å². The van der Waals surface area contributed by atoms with E-state index >= 15 is 0 Å². The van der Waals surface area contributed by atoms with Crippen molar-refractivity contribution in [3.05, 3.63) is 106 Å². The van der Waals surface area contributed by atoms with Crippen LogP contribution in [0.1, 0.15) is 135 Å². The van der Waals surface area contributed by atoms with Crippen molar-refractivity contribution in [1.82, 2.24) is 0 Å². The molecular formula is C46H58N2NiO8. The number of carboxylic acids is 2. The zero-order valence-electron chi connectivity index (χ0n) is 34.0. The van der Waals surface area contributed by atoms with Gasteiger partial charge >= 0.3 is 16.5 Å². The van der Waals surface area contributed by atoms with Gasteiger partial charge in [-0.2, -0.15) is 0 Å². The molecule has 57 heavy (non-hydrogen) atoms. The summed E-state index contributed by atoms with van der Waals surface area (Å²) in [5, 5.41) is 58.4. The third-order valence-corrected chi connectivity index (χ3v) is 9.37. The first-order valence-corrected chi connectivity index (χ1v) is 19.6. The first kappa shape index (κ1) is 49.9. The maximum Gasteiger partial charge on any atom is 2.00 e. The standard InChI is InChI=1S/C26H36N2.2C10H12O4.Ni/c1-3-5-7-8-9-16-22-26(28-24-19-14-11-15-20-24)25(21-6-4-2)27-23-17-12-10-13-18-23;2*1-3-6-4-7(11)9(12)8(5(6)2)10(13)14;/h10-15,17-20H,3-9,16,21-22H2,1-2H3;2*4,11-12H,3H2,1-2H3,(H,13,14);/q;;;+2/p-2. The van der Waals surface area contributed by atoms with Gasteiger partial charge in [-0.05, 0) is 111 Å². The maximum absolute atomic E-state index is 10.7. The Morgan fingerprint density at radius 2 is 0.895 bits per heavy atom. The second-order valence-electron chi connectivity index (χ2n) is 13.5. The minimum absolute atomic E-state index is 0. The molecule has 0 aromatic heterocycles. The zero-order chi connectivity index (χ0) is 41.6. The molecule has 11 heteroatoms. The van der Waals surface area contributed by atoms with E-state index in [1.165, 1.54) is 62.8 Å². The van der Waals surface area contributed by atoms with Gasteiger partial charge in [0.25, 0.3) is 0 Å². The molecule has 0 bridgehead atoms. The molecule has 0 heterocycles. The Bertz CT molecular complexity index is 1840. The van der Waals surface area contributed by atoms with Crippen LogP contribution in [0.2, 0.25) is 0 Å². The predicted molar refractivity (Wildman–Crippen MR) is 221 cm³/mol. The monoisotopic (exact) mass is 824 g/mol. The van der Waals surface area contributed by atoms with Crippen LogP contribution in [0.3, 0.4) is 0 Å². The van der Waals surface area contributed by atoms with E-state index in [0.717, 1.165) is 36.3 Å². The van der Waals surface area contributed by atoms with Gasteiger partial charge in [0.2, 0.25) is 0 Å². The SMILES string of the molecule is CCCCCCCCC(=Nc1ccccc1)C(CCCC)=Nc1ccccc1.CCc1cc(O)c(O)c(C(=O)[O-])c1C.CCc1cc(O)c(O)c(C(=O)[O-])c1C.[Ni+2]. The Hall–Kier alpha value is -5.15. The van der Waals surface area contributed by atoms with Gasteiger partial charge in [-0.3, -0.25) is 9.98 Å². The smallest absolute Gasteiger partial charge is 0.545 e. The average Bonchev–Trinajstić information content (AvgIpc) is 3.18. The van der Waals surface area contributed by atoms with Gasteiger partial charge in [-0.15, -0.1) is 0 Å². The molecule has 0 unspecified atom stereocenters. The first-order chi connectivity index (χ1) is 26.8. The number of phenols is 4. The fourth-order valence-electron chi connectivity index (χ4n) is 6.11. The minimum Gasteiger partial charge on any atom is -0.545 e. The molecule has 4 aromatic carbocycles. The molecule has 0 fully saturated rings. The number of aromatic carboxylic acids is 2. The third-order valence-electron chi connectivity index (χ3n) is 9.37. The molecule has 0 amide bonds. The van der Waals surface area contributed by atoms with Gasteiger partial charge in [0, 0.05) is 11.1 Å². The van der Waals surface area contributed by atoms with E-state index in [1.54, 1.807) is 13.8 Å². The minimum atomic E-state index is -1.48. The Labute approximate surface area is 348 Å². The normalized spacial score (nSPS) is 11.1. The van der Waals surface area contributed by atoms with Crippen LogP contribution >= 0.6 is 0 Å². The number of unbranched alkanes of at least 4 members (excludes halogenated alkanes) is 6. The summed E-state index contributed by atoms with van der Waals surface area (Å²) in [5.41, 5.74) is 5.94. The van der Waals surface area contributed by atoms with E-state index in [1.807, 2.05) is 26.0 Å². The Kier molecular flexibility index (Phi) is 23.3. The fraction of sp³-hybridized carbons (Fsp3) is 0.391. The van der Waals surface area contributed by atoms with Crippen molar-refractivity contribution in [2.45, 2.75) is 119 Å². The van der Waals surface area contributed by atoms with E-state index in [9.17, 15) is 40.2 Å². The number of hydrogen-bond donors (Lipinski definition) is 4. The maximum atomic E-state index is 10.7. The van der Waals surface area contributed by atoms with E-state index in [4.69, 9.17) is 9.98 Å². The van der Waals surface area contributed by atoms with E-state index < -0.39 is 34.9 Å². The third kappa shape index (κ3) is 16.1. The number of para-hydroxylation sites is 2. The van der Waals surface area contributed by atoms with Crippen molar-refractivity contribution in [3.8, 4) is 23.0 Å². The van der Waals surface area contributed by atoms with Gasteiger partial charge in [0.1, 0.15) is 0 Å². The Morgan fingerprint density at radius 3 is 1.25 bits per heavy atom. The van der Waals surface area contributed by atoms with Crippen molar-refractivity contribution in [2.75, 3.05) is 0 Å². The topological polar surface area (TPSA) is 186 Å².